The predicted molar refractivity (Wildman–Crippen MR) is 131 cm³/mol. The number of aromatic nitrogens is 3. The number of β-lactam (4-membered cyclic amide) rings is 1. The van der Waals surface area contributed by atoms with Gasteiger partial charge in [0, 0.05) is 11.4 Å². The van der Waals surface area contributed by atoms with E-state index in [1.807, 2.05) is 6.92 Å². The molecule has 5 N–H and O–H groups in total. The lowest BCUT2D eigenvalue weighted by molar-refractivity contribution is -0.155. The molecule has 2 aliphatic heterocycles. The van der Waals surface area contributed by atoms with E-state index in [9.17, 15) is 19.5 Å². The average molecular weight is 559 g/mol. The van der Waals surface area contributed by atoms with Crippen molar-refractivity contribution in [2.45, 2.75) is 36.2 Å². The molecule has 0 radical (unpaired) electrons. The third kappa shape index (κ3) is 4.91. The van der Waals surface area contributed by atoms with Gasteiger partial charge in [-0.1, -0.05) is 51.2 Å². The van der Waals surface area contributed by atoms with Crippen LogP contribution in [0.4, 0.5) is 10.3 Å². The molecule has 13 nitrogen and oxygen atoms in total. The number of nitrogens with zero attached hydrogens (tertiary/aromatic N) is 5. The largest absolute Gasteiger partial charge is 0.477 e. The van der Waals surface area contributed by atoms with Crippen LogP contribution in [0, 0.1) is 0 Å². The Labute approximate surface area is 215 Å². The zero-order valence-corrected chi connectivity index (χ0v) is 21.5. The summed E-state index contributed by atoms with van der Waals surface area (Å²) in [4.78, 5) is 48.4. The van der Waals surface area contributed by atoms with E-state index in [0.717, 1.165) is 11.3 Å². The second kappa shape index (κ2) is 10.3. The molecule has 2 aromatic rings. The molecular weight excluding hydrogens is 540 g/mol. The fraction of sp³-hybridized carbons (Fsp3) is 0.389. The van der Waals surface area contributed by atoms with Gasteiger partial charge in [-0.25, -0.2) is 9.78 Å². The van der Waals surface area contributed by atoms with Crippen molar-refractivity contribution in [2.24, 2.45) is 5.16 Å². The highest BCUT2D eigenvalue weighted by molar-refractivity contribution is 8.04. The number of carboxylic acid groups (broad SMARTS) is 1. The SMILES string of the molecule is CCNc1nnc(SC2=C(C(=O)O)N3C(=O)C(NC(=O)/C(=N\OC)c4nc(N)sc4Cl)C3CC2)s1. The van der Waals surface area contributed by atoms with Gasteiger partial charge in [0.15, 0.2) is 15.2 Å². The van der Waals surface area contributed by atoms with Crippen molar-refractivity contribution in [3.8, 4) is 0 Å². The van der Waals surface area contributed by atoms with Crippen LogP contribution >= 0.6 is 46.0 Å². The molecule has 0 aliphatic carbocycles. The number of carbonyl (C=O) groups is 3. The first kappa shape index (κ1) is 25.2. The summed E-state index contributed by atoms with van der Waals surface area (Å²) >= 11 is 9.52. The molecule has 0 saturated carbocycles. The number of nitrogens with one attached hydrogen (secondary N) is 2. The topological polar surface area (TPSA) is 185 Å². The lowest BCUT2D eigenvalue weighted by Crippen LogP contribution is -2.72. The van der Waals surface area contributed by atoms with Crippen molar-refractivity contribution < 1.29 is 24.3 Å². The Hall–Kier alpha value is -2.95. The zero-order chi connectivity index (χ0) is 25.3. The highest BCUT2D eigenvalue weighted by Gasteiger charge is 2.54. The summed E-state index contributed by atoms with van der Waals surface area (Å²) in [6.07, 6.45) is 0.826. The number of thiazole rings is 1. The lowest BCUT2D eigenvalue weighted by Gasteiger charge is -2.49. The number of nitrogens with two attached hydrogens (primary N) is 1. The van der Waals surface area contributed by atoms with Crippen LogP contribution in [0.15, 0.2) is 20.1 Å². The quantitative estimate of drug-likeness (QED) is 0.199. The van der Waals surface area contributed by atoms with Crippen molar-refractivity contribution >= 4 is 79.8 Å². The number of hydrogen-bond acceptors (Lipinski definition) is 13. The number of fused-ring (bicyclic) bond motifs is 1. The Morgan fingerprint density at radius 2 is 2.17 bits per heavy atom. The standard InChI is InChI=1S/C18H19ClN8O5S3/c1-3-21-17-24-25-18(35-17)33-7-5-4-6-8(14(29)27(6)11(7)15(30)31)22-13(28)10(26-32-2)9-12(19)34-16(20)23-9/h6,8H,3-5H2,1-2H3,(H2,20,23)(H,21,24)(H,22,28)(H,30,31)/b26-10-. The van der Waals surface area contributed by atoms with Gasteiger partial charge in [0.25, 0.3) is 11.8 Å². The van der Waals surface area contributed by atoms with Crippen molar-refractivity contribution in [3.05, 3.63) is 20.6 Å². The van der Waals surface area contributed by atoms with Gasteiger partial charge in [0.1, 0.15) is 28.9 Å². The number of rotatable bonds is 9. The fourth-order valence-electron chi connectivity index (χ4n) is 3.66. The van der Waals surface area contributed by atoms with E-state index >= 15 is 0 Å². The van der Waals surface area contributed by atoms with Crippen LogP contribution in [0.3, 0.4) is 0 Å². The van der Waals surface area contributed by atoms with Gasteiger partial charge in [-0.3, -0.25) is 14.5 Å². The predicted octanol–water partition coefficient (Wildman–Crippen LogP) is 1.59. The zero-order valence-electron chi connectivity index (χ0n) is 18.3. The molecule has 2 amide bonds. The lowest BCUT2D eigenvalue weighted by atomic mass is 9.86. The summed E-state index contributed by atoms with van der Waals surface area (Å²) in [6, 6.07) is -1.48. The number of halogens is 1. The smallest absolute Gasteiger partial charge is 0.353 e. The Kier molecular flexibility index (Phi) is 7.44. The van der Waals surface area contributed by atoms with Gasteiger partial charge in [-0.2, -0.15) is 0 Å². The number of anilines is 2. The number of amides is 2. The summed E-state index contributed by atoms with van der Waals surface area (Å²) in [5.74, 6) is -2.54. The number of hydrogen-bond donors (Lipinski definition) is 4. The number of nitrogen functional groups attached to an aromatic ring is 1. The van der Waals surface area contributed by atoms with Crippen LogP contribution in [0.2, 0.25) is 4.34 Å². The van der Waals surface area contributed by atoms with E-state index in [4.69, 9.17) is 22.2 Å². The molecule has 4 heterocycles. The Balaban J connectivity index is 1.52. The first-order valence-corrected chi connectivity index (χ1v) is 13.0. The van der Waals surface area contributed by atoms with Crippen LogP contribution in [-0.4, -0.2) is 74.4 Å². The van der Waals surface area contributed by atoms with Gasteiger partial charge in [0.2, 0.25) is 5.13 Å². The van der Waals surface area contributed by atoms with Crippen molar-refractivity contribution in [1.29, 1.82) is 0 Å². The summed E-state index contributed by atoms with van der Waals surface area (Å²) in [5.41, 5.74) is 5.31. The number of oxime groups is 1. The van der Waals surface area contributed by atoms with E-state index < -0.39 is 29.9 Å². The maximum absolute atomic E-state index is 13.0. The first-order chi connectivity index (χ1) is 16.7. The molecule has 1 saturated heterocycles. The first-order valence-electron chi connectivity index (χ1n) is 10.1. The van der Waals surface area contributed by atoms with Gasteiger partial charge >= 0.3 is 5.97 Å². The third-order valence-corrected chi connectivity index (χ3v) is 8.21. The Morgan fingerprint density at radius 3 is 2.80 bits per heavy atom. The number of thioether (sulfide) groups is 1. The molecule has 2 aliphatic rings. The van der Waals surface area contributed by atoms with Crippen LogP contribution in [0.5, 0.6) is 0 Å². The Bertz CT molecular complexity index is 1240. The minimum atomic E-state index is -1.24. The molecule has 4 rings (SSSR count). The van der Waals surface area contributed by atoms with Crippen molar-refractivity contribution in [3.63, 3.8) is 0 Å². The van der Waals surface area contributed by atoms with Gasteiger partial charge in [0.05, 0.1) is 6.04 Å². The Morgan fingerprint density at radius 1 is 1.40 bits per heavy atom. The van der Waals surface area contributed by atoms with E-state index in [1.54, 1.807) is 0 Å². The highest BCUT2D eigenvalue weighted by atomic mass is 35.5. The van der Waals surface area contributed by atoms with Gasteiger partial charge < -0.3 is 26.3 Å². The highest BCUT2D eigenvalue weighted by Crippen LogP contribution is 2.44. The second-order valence-corrected chi connectivity index (χ2v) is 11.1. The summed E-state index contributed by atoms with van der Waals surface area (Å²) in [6.45, 7) is 2.61. The van der Waals surface area contributed by atoms with Crippen LogP contribution in [-0.2, 0) is 19.2 Å². The van der Waals surface area contributed by atoms with Crippen molar-refractivity contribution in [1.82, 2.24) is 25.4 Å². The molecular formula is C18H19ClN8O5S3. The van der Waals surface area contributed by atoms with Crippen LogP contribution < -0.4 is 16.4 Å². The number of carboxylic acids is 1. The molecule has 0 aromatic carbocycles. The monoisotopic (exact) mass is 558 g/mol. The fourth-order valence-corrected chi connectivity index (χ4v) is 6.64. The molecule has 2 atom stereocenters. The second-order valence-electron chi connectivity index (χ2n) is 7.14. The molecule has 186 valence electrons. The summed E-state index contributed by atoms with van der Waals surface area (Å²) in [5, 5.41) is 28.0. The van der Waals surface area contributed by atoms with E-state index in [-0.39, 0.29) is 26.6 Å². The molecule has 35 heavy (non-hydrogen) atoms. The maximum Gasteiger partial charge on any atom is 0.353 e. The molecule has 17 heteroatoms. The normalized spacial score (nSPS) is 19.8. The van der Waals surface area contributed by atoms with E-state index in [2.05, 4.69) is 31.0 Å². The average Bonchev–Trinajstić information content (AvgIpc) is 3.40. The van der Waals surface area contributed by atoms with Gasteiger partial charge in [-0.15, -0.1) is 10.2 Å². The van der Waals surface area contributed by atoms with E-state index in [0.29, 0.717) is 33.8 Å². The molecule has 2 unspecified atom stereocenters. The minimum Gasteiger partial charge on any atom is -0.477 e. The third-order valence-electron chi connectivity index (χ3n) is 5.05. The van der Waals surface area contributed by atoms with Gasteiger partial charge in [-0.05, 0) is 19.8 Å². The minimum absolute atomic E-state index is 0.0274. The molecule has 0 spiro atoms. The number of aliphatic carboxylic acids is 1. The van der Waals surface area contributed by atoms with Crippen LogP contribution in [0.25, 0.3) is 0 Å². The van der Waals surface area contributed by atoms with Crippen molar-refractivity contribution in [2.75, 3.05) is 24.7 Å². The maximum atomic E-state index is 13.0. The van der Waals surface area contributed by atoms with E-state index in [1.165, 1.54) is 35.1 Å². The molecule has 2 aromatic heterocycles. The summed E-state index contributed by atoms with van der Waals surface area (Å²) < 4.78 is 0.699. The molecule has 1 fully saturated rings. The number of allylic oxidation sites excluding steroid dienone is 1. The van der Waals surface area contributed by atoms with Crippen LogP contribution in [0.1, 0.15) is 25.5 Å². The molecule has 0 bridgehead atoms. The summed E-state index contributed by atoms with van der Waals surface area (Å²) in [7, 11) is 1.25. The number of carbonyl (C=O) groups excluding carboxylic acids is 2.